The summed E-state index contributed by atoms with van der Waals surface area (Å²) in [6, 6.07) is 13.7. The first kappa shape index (κ1) is 12.7. The van der Waals surface area contributed by atoms with Gasteiger partial charge in [0.25, 0.3) is 0 Å². The van der Waals surface area contributed by atoms with Crippen LogP contribution in [0.3, 0.4) is 0 Å². The maximum absolute atomic E-state index is 5.94. The Kier molecular flexibility index (Phi) is 4.32. The topological polar surface area (TPSA) is 12.0 Å². The molecule has 0 aliphatic rings. The molecule has 2 rings (SSSR count). The van der Waals surface area contributed by atoms with Gasteiger partial charge in [-0.25, -0.2) is 0 Å². The quantitative estimate of drug-likeness (QED) is 0.797. The Labute approximate surface area is 119 Å². The van der Waals surface area contributed by atoms with Crippen molar-refractivity contribution in [3.63, 3.8) is 0 Å². The maximum Gasteiger partial charge on any atom is 0.0612 e. The average molecular weight is 331 g/mol. The van der Waals surface area contributed by atoms with Gasteiger partial charge in [-0.1, -0.05) is 51.3 Å². The zero-order valence-corrected chi connectivity index (χ0v) is 12.0. The minimum absolute atomic E-state index is 0.561. The van der Waals surface area contributed by atoms with Crippen molar-refractivity contribution in [2.45, 2.75) is 6.54 Å². The van der Waals surface area contributed by atoms with Crippen LogP contribution in [0.2, 0.25) is 10.0 Å². The summed E-state index contributed by atoms with van der Waals surface area (Å²) >= 11 is 15.2. The second-order valence-electron chi connectivity index (χ2n) is 3.61. The van der Waals surface area contributed by atoms with Gasteiger partial charge in [0.15, 0.2) is 0 Å². The molecule has 0 unspecified atom stereocenters. The fourth-order valence-corrected chi connectivity index (χ4v) is 2.20. The molecule has 0 aliphatic carbocycles. The lowest BCUT2D eigenvalue weighted by Gasteiger charge is -2.07. The molecule has 0 spiro atoms. The van der Waals surface area contributed by atoms with Crippen LogP contribution in [0.1, 0.15) is 5.56 Å². The molecule has 2 aromatic rings. The second-order valence-corrected chi connectivity index (χ2v) is 5.34. The molecule has 0 aromatic heterocycles. The largest absolute Gasteiger partial charge is 0.381 e. The highest BCUT2D eigenvalue weighted by atomic mass is 79.9. The summed E-state index contributed by atoms with van der Waals surface area (Å²) in [4.78, 5) is 0. The molecule has 88 valence electrons. The van der Waals surface area contributed by atoms with Crippen LogP contribution in [0.15, 0.2) is 46.9 Å². The Morgan fingerprint density at radius 1 is 1.00 bits per heavy atom. The van der Waals surface area contributed by atoms with E-state index >= 15 is 0 Å². The normalized spacial score (nSPS) is 10.3. The maximum atomic E-state index is 5.94. The van der Waals surface area contributed by atoms with Crippen LogP contribution in [-0.2, 0) is 6.54 Å². The predicted octanol–water partition coefficient (Wildman–Crippen LogP) is 5.37. The first-order valence-electron chi connectivity index (χ1n) is 5.08. The lowest BCUT2D eigenvalue weighted by molar-refractivity contribution is 1.15. The Morgan fingerprint density at radius 2 is 1.82 bits per heavy atom. The van der Waals surface area contributed by atoms with E-state index in [-0.39, 0.29) is 0 Å². The molecule has 0 heterocycles. The molecule has 0 bridgehead atoms. The minimum atomic E-state index is 0.561. The molecule has 0 radical (unpaired) electrons. The summed E-state index contributed by atoms with van der Waals surface area (Å²) in [5.41, 5.74) is 2.16. The molecule has 0 fully saturated rings. The van der Waals surface area contributed by atoms with Crippen molar-refractivity contribution < 1.29 is 0 Å². The van der Waals surface area contributed by atoms with Crippen molar-refractivity contribution in [3.05, 3.63) is 62.5 Å². The Balaban J connectivity index is 2.05. The third-order valence-electron chi connectivity index (χ3n) is 2.31. The van der Waals surface area contributed by atoms with Crippen molar-refractivity contribution in [2.75, 3.05) is 5.32 Å². The van der Waals surface area contributed by atoms with E-state index in [2.05, 4.69) is 33.4 Å². The number of benzene rings is 2. The van der Waals surface area contributed by atoms with E-state index in [4.69, 9.17) is 23.2 Å². The Morgan fingerprint density at radius 3 is 2.53 bits per heavy atom. The van der Waals surface area contributed by atoms with E-state index in [1.165, 1.54) is 5.56 Å². The molecule has 17 heavy (non-hydrogen) atoms. The van der Waals surface area contributed by atoms with Gasteiger partial charge in [-0.05, 0) is 35.9 Å². The van der Waals surface area contributed by atoms with E-state index in [1.807, 2.05) is 24.3 Å². The first-order chi connectivity index (χ1) is 8.15. The molecule has 0 saturated heterocycles. The lowest BCUT2D eigenvalue weighted by atomic mass is 10.2. The van der Waals surface area contributed by atoms with Crippen molar-refractivity contribution in [2.24, 2.45) is 0 Å². The van der Waals surface area contributed by atoms with Gasteiger partial charge in [-0.2, -0.15) is 0 Å². The third kappa shape index (κ3) is 3.63. The molecule has 4 heteroatoms. The van der Waals surface area contributed by atoms with E-state index in [9.17, 15) is 0 Å². The van der Waals surface area contributed by atoms with Crippen LogP contribution >= 0.6 is 39.1 Å². The standard InChI is InChI=1S/C13H10BrCl2N/c14-10-3-1-2-9(6-10)8-17-11-4-5-12(15)13(16)7-11/h1-7,17H,8H2. The van der Waals surface area contributed by atoms with Crippen molar-refractivity contribution in [3.8, 4) is 0 Å². The zero-order chi connectivity index (χ0) is 12.3. The summed E-state index contributed by atoms with van der Waals surface area (Å²) in [5.74, 6) is 0. The van der Waals surface area contributed by atoms with Crippen LogP contribution in [0.4, 0.5) is 5.69 Å². The van der Waals surface area contributed by atoms with Gasteiger partial charge in [0, 0.05) is 16.7 Å². The number of hydrogen-bond acceptors (Lipinski definition) is 1. The highest BCUT2D eigenvalue weighted by Gasteiger charge is 1.99. The zero-order valence-electron chi connectivity index (χ0n) is 8.88. The minimum Gasteiger partial charge on any atom is -0.381 e. The molecule has 0 aliphatic heterocycles. The smallest absolute Gasteiger partial charge is 0.0612 e. The number of rotatable bonds is 3. The molecule has 1 N–H and O–H groups in total. The van der Waals surface area contributed by atoms with Gasteiger partial charge in [-0.15, -0.1) is 0 Å². The van der Waals surface area contributed by atoms with E-state index < -0.39 is 0 Å². The molecular weight excluding hydrogens is 321 g/mol. The highest BCUT2D eigenvalue weighted by molar-refractivity contribution is 9.10. The first-order valence-corrected chi connectivity index (χ1v) is 6.63. The SMILES string of the molecule is Clc1ccc(NCc2cccc(Br)c2)cc1Cl. The summed E-state index contributed by atoms with van der Waals surface area (Å²) in [6.45, 7) is 0.747. The lowest BCUT2D eigenvalue weighted by Crippen LogP contribution is -1.99. The summed E-state index contributed by atoms with van der Waals surface area (Å²) < 4.78 is 1.07. The van der Waals surface area contributed by atoms with E-state index in [1.54, 1.807) is 6.07 Å². The second kappa shape index (κ2) is 5.76. The van der Waals surface area contributed by atoms with Crippen LogP contribution < -0.4 is 5.32 Å². The van der Waals surface area contributed by atoms with Crippen LogP contribution in [0, 0.1) is 0 Å². The van der Waals surface area contributed by atoms with Gasteiger partial charge in [0.05, 0.1) is 10.0 Å². The number of halogens is 3. The summed E-state index contributed by atoms with van der Waals surface area (Å²) in [6.07, 6.45) is 0. The third-order valence-corrected chi connectivity index (χ3v) is 3.54. The molecule has 2 aromatic carbocycles. The number of nitrogens with one attached hydrogen (secondary N) is 1. The predicted molar refractivity (Wildman–Crippen MR) is 77.9 cm³/mol. The fraction of sp³-hybridized carbons (Fsp3) is 0.0769. The fourth-order valence-electron chi connectivity index (χ4n) is 1.46. The summed E-state index contributed by atoms with van der Waals surface area (Å²) in [7, 11) is 0. The Bertz CT molecular complexity index is 529. The number of anilines is 1. The van der Waals surface area contributed by atoms with Crippen LogP contribution in [-0.4, -0.2) is 0 Å². The van der Waals surface area contributed by atoms with E-state index in [0.29, 0.717) is 10.0 Å². The Hall–Kier alpha value is -0.700. The average Bonchev–Trinajstić information content (AvgIpc) is 2.31. The highest BCUT2D eigenvalue weighted by Crippen LogP contribution is 2.25. The van der Waals surface area contributed by atoms with Gasteiger partial charge >= 0.3 is 0 Å². The molecule has 0 amide bonds. The van der Waals surface area contributed by atoms with Gasteiger partial charge in [-0.3, -0.25) is 0 Å². The van der Waals surface area contributed by atoms with Gasteiger partial charge in [0.2, 0.25) is 0 Å². The van der Waals surface area contributed by atoms with Crippen LogP contribution in [0.25, 0.3) is 0 Å². The van der Waals surface area contributed by atoms with Crippen molar-refractivity contribution in [1.29, 1.82) is 0 Å². The monoisotopic (exact) mass is 329 g/mol. The van der Waals surface area contributed by atoms with Crippen molar-refractivity contribution in [1.82, 2.24) is 0 Å². The molecule has 0 atom stereocenters. The van der Waals surface area contributed by atoms with Crippen molar-refractivity contribution >= 4 is 44.8 Å². The van der Waals surface area contributed by atoms with Gasteiger partial charge in [0.1, 0.15) is 0 Å². The number of hydrogen-bond donors (Lipinski definition) is 1. The molecule has 1 nitrogen and oxygen atoms in total. The van der Waals surface area contributed by atoms with Gasteiger partial charge < -0.3 is 5.32 Å². The van der Waals surface area contributed by atoms with Crippen LogP contribution in [0.5, 0.6) is 0 Å². The molecule has 0 saturated carbocycles. The summed E-state index contributed by atoms with van der Waals surface area (Å²) in [5, 5.41) is 4.42. The van der Waals surface area contributed by atoms with E-state index in [0.717, 1.165) is 16.7 Å². The molecular formula is C13H10BrCl2N.